The number of nitrogens with one attached hydrogen (secondary N) is 1. The van der Waals surface area contributed by atoms with E-state index in [4.69, 9.17) is 0 Å². The first-order valence-electron chi connectivity index (χ1n) is 5.51. The van der Waals surface area contributed by atoms with Crippen molar-refractivity contribution >= 4 is 22.0 Å². The highest BCUT2D eigenvalue weighted by Gasteiger charge is 2.19. The Morgan fingerprint density at radius 1 is 1.56 bits per heavy atom. The quantitative estimate of drug-likeness (QED) is 0.888. The molecule has 0 aliphatic heterocycles. The van der Waals surface area contributed by atoms with Gasteiger partial charge in [0.1, 0.15) is 5.82 Å². The van der Waals surface area contributed by atoms with Crippen LogP contribution in [0.2, 0.25) is 0 Å². The number of rotatable bonds is 4. The zero-order valence-corrected chi connectivity index (χ0v) is 10.8. The molecule has 2 rings (SSSR count). The first-order chi connectivity index (χ1) is 7.65. The predicted molar refractivity (Wildman–Crippen MR) is 68.8 cm³/mol. The maximum atomic E-state index is 13.5. The molecule has 1 aliphatic rings. The van der Waals surface area contributed by atoms with Gasteiger partial charge in [0.25, 0.3) is 0 Å². The third-order valence-electron chi connectivity index (χ3n) is 2.61. The van der Waals surface area contributed by atoms with Gasteiger partial charge in [-0.15, -0.1) is 0 Å². The molecule has 1 N–H and O–H groups in total. The SMILES string of the molecule is CC(=Cc1cc(Br)ccc1F)CNC1CC1. The summed E-state index contributed by atoms with van der Waals surface area (Å²) >= 11 is 3.35. The molecule has 0 atom stereocenters. The van der Waals surface area contributed by atoms with Crippen LogP contribution in [-0.2, 0) is 0 Å². The van der Waals surface area contributed by atoms with Gasteiger partial charge in [-0.05, 0) is 38.0 Å². The Balaban J connectivity index is 2.04. The van der Waals surface area contributed by atoms with Crippen molar-refractivity contribution in [2.45, 2.75) is 25.8 Å². The molecule has 0 saturated heterocycles. The molecule has 0 heterocycles. The third kappa shape index (κ3) is 3.42. The van der Waals surface area contributed by atoms with Gasteiger partial charge in [-0.3, -0.25) is 0 Å². The third-order valence-corrected chi connectivity index (χ3v) is 3.10. The van der Waals surface area contributed by atoms with Crippen LogP contribution in [0.4, 0.5) is 4.39 Å². The van der Waals surface area contributed by atoms with E-state index in [1.807, 2.05) is 13.0 Å². The fourth-order valence-electron chi connectivity index (χ4n) is 1.53. The summed E-state index contributed by atoms with van der Waals surface area (Å²) in [5.41, 5.74) is 1.80. The van der Waals surface area contributed by atoms with Crippen LogP contribution in [-0.4, -0.2) is 12.6 Å². The summed E-state index contributed by atoms with van der Waals surface area (Å²) in [6, 6.07) is 5.69. The van der Waals surface area contributed by atoms with E-state index >= 15 is 0 Å². The molecule has 0 amide bonds. The molecule has 0 bridgehead atoms. The van der Waals surface area contributed by atoms with E-state index in [1.54, 1.807) is 12.1 Å². The van der Waals surface area contributed by atoms with Crippen LogP contribution in [0.1, 0.15) is 25.3 Å². The molecule has 1 saturated carbocycles. The zero-order chi connectivity index (χ0) is 11.5. The van der Waals surface area contributed by atoms with Crippen LogP contribution < -0.4 is 5.32 Å². The number of hydrogen-bond acceptors (Lipinski definition) is 1. The van der Waals surface area contributed by atoms with Crippen LogP contribution in [0, 0.1) is 5.82 Å². The molecule has 0 radical (unpaired) electrons. The van der Waals surface area contributed by atoms with Crippen LogP contribution in [0.5, 0.6) is 0 Å². The first kappa shape index (κ1) is 11.8. The zero-order valence-electron chi connectivity index (χ0n) is 9.26. The molecular formula is C13H15BrFN. The summed E-state index contributed by atoms with van der Waals surface area (Å²) in [7, 11) is 0. The topological polar surface area (TPSA) is 12.0 Å². The van der Waals surface area contributed by atoms with Crippen molar-refractivity contribution in [1.29, 1.82) is 0 Å². The second-order valence-electron chi connectivity index (χ2n) is 4.31. The minimum atomic E-state index is -0.172. The average molecular weight is 284 g/mol. The van der Waals surface area contributed by atoms with E-state index in [0.29, 0.717) is 11.6 Å². The Morgan fingerprint density at radius 2 is 2.31 bits per heavy atom. The molecule has 1 aliphatic carbocycles. The molecular weight excluding hydrogens is 269 g/mol. The number of benzene rings is 1. The first-order valence-corrected chi connectivity index (χ1v) is 6.30. The fourth-order valence-corrected chi connectivity index (χ4v) is 1.91. The van der Waals surface area contributed by atoms with Crippen molar-refractivity contribution in [1.82, 2.24) is 5.32 Å². The summed E-state index contributed by atoms with van der Waals surface area (Å²) in [6.45, 7) is 2.87. The molecule has 0 spiro atoms. The van der Waals surface area contributed by atoms with Crippen LogP contribution >= 0.6 is 15.9 Å². The van der Waals surface area contributed by atoms with E-state index in [0.717, 1.165) is 16.6 Å². The average Bonchev–Trinajstić information content (AvgIpc) is 3.04. The minimum Gasteiger partial charge on any atom is -0.310 e. The Kier molecular flexibility index (Phi) is 3.77. The lowest BCUT2D eigenvalue weighted by atomic mass is 10.1. The smallest absolute Gasteiger partial charge is 0.130 e. The van der Waals surface area contributed by atoms with Crippen molar-refractivity contribution < 1.29 is 4.39 Å². The molecule has 0 unspecified atom stereocenters. The number of hydrogen-bond donors (Lipinski definition) is 1. The van der Waals surface area contributed by atoms with Gasteiger partial charge in [-0.2, -0.15) is 0 Å². The lowest BCUT2D eigenvalue weighted by molar-refractivity contribution is 0.624. The Bertz CT molecular complexity index is 410. The van der Waals surface area contributed by atoms with E-state index in [2.05, 4.69) is 21.2 Å². The van der Waals surface area contributed by atoms with E-state index in [1.165, 1.54) is 18.9 Å². The minimum absolute atomic E-state index is 0.172. The van der Waals surface area contributed by atoms with E-state index in [9.17, 15) is 4.39 Å². The van der Waals surface area contributed by atoms with Crippen molar-refractivity contribution in [2.75, 3.05) is 6.54 Å². The van der Waals surface area contributed by atoms with Gasteiger partial charge >= 0.3 is 0 Å². The van der Waals surface area contributed by atoms with Gasteiger partial charge in [0.15, 0.2) is 0 Å². The van der Waals surface area contributed by atoms with Gasteiger partial charge in [-0.1, -0.05) is 27.6 Å². The Labute approximate surface area is 104 Å². The van der Waals surface area contributed by atoms with Crippen molar-refractivity contribution in [3.8, 4) is 0 Å². The van der Waals surface area contributed by atoms with Crippen molar-refractivity contribution in [2.24, 2.45) is 0 Å². The van der Waals surface area contributed by atoms with Gasteiger partial charge < -0.3 is 5.32 Å². The van der Waals surface area contributed by atoms with Gasteiger partial charge in [0, 0.05) is 22.6 Å². The summed E-state index contributed by atoms with van der Waals surface area (Å²) in [5, 5.41) is 3.41. The van der Waals surface area contributed by atoms with Gasteiger partial charge in [-0.25, -0.2) is 4.39 Å². The standard InChI is InChI=1S/C13H15BrFN/c1-9(8-16-12-3-4-12)6-10-7-11(14)2-5-13(10)15/h2,5-7,12,16H,3-4,8H2,1H3. The molecule has 1 fully saturated rings. The maximum absolute atomic E-state index is 13.5. The van der Waals surface area contributed by atoms with Crippen LogP contribution in [0.25, 0.3) is 6.08 Å². The summed E-state index contributed by atoms with van der Waals surface area (Å²) in [5.74, 6) is -0.172. The summed E-state index contributed by atoms with van der Waals surface area (Å²) < 4.78 is 14.4. The predicted octanol–water partition coefficient (Wildman–Crippen LogP) is 3.74. The lowest BCUT2D eigenvalue weighted by Gasteiger charge is -2.04. The highest BCUT2D eigenvalue weighted by Crippen LogP contribution is 2.20. The fraction of sp³-hybridized carbons (Fsp3) is 0.385. The Hall–Kier alpha value is -0.670. The molecule has 16 heavy (non-hydrogen) atoms. The lowest BCUT2D eigenvalue weighted by Crippen LogP contribution is -2.18. The van der Waals surface area contributed by atoms with Gasteiger partial charge in [0.05, 0.1) is 0 Å². The van der Waals surface area contributed by atoms with Gasteiger partial charge in [0.2, 0.25) is 0 Å². The monoisotopic (exact) mass is 283 g/mol. The normalized spacial score (nSPS) is 16.6. The highest BCUT2D eigenvalue weighted by atomic mass is 79.9. The van der Waals surface area contributed by atoms with E-state index < -0.39 is 0 Å². The summed E-state index contributed by atoms with van der Waals surface area (Å²) in [6.07, 6.45) is 4.45. The molecule has 1 aromatic rings. The van der Waals surface area contributed by atoms with E-state index in [-0.39, 0.29) is 5.82 Å². The molecule has 1 aromatic carbocycles. The van der Waals surface area contributed by atoms with Crippen molar-refractivity contribution in [3.63, 3.8) is 0 Å². The largest absolute Gasteiger partial charge is 0.310 e. The van der Waals surface area contributed by atoms with Crippen LogP contribution in [0.3, 0.4) is 0 Å². The summed E-state index contributed by atoms with van der Waals surface area (Å²) in [4.78, 5) is 0. The second-order valence-corrected chi connectivity index (χ2v) is 5.23. The molecule has 86 valence electrons. The number of halogens is 2. The maximum Gasteiger partial charge on any atom is 0.130 e. The van der Waals surface area contributed by atoms with Crippen LogP contribution in [0.15, 0.2) is 28.2 Å². The highest BCUT2D eigenvalue weighted by molar-refractivity contribution is 9.10. The second kappa shape index (κ2) is 5.11. The molecule has 0 aromatic heterocycles. The Morgan fingerprint density at radius 3 is 3.00 bits per heavy atom. The molecule has 1 nitrogen and oxygen atoms in total. The van der Waals surface area contributed by atoms with Crippen molar-refractivity contribution in [3.05, 3.63) is 39.6 Å². The molecule has 3 heteroatoms.